The van der Waals surface area contributed by atoms with E-state index in [-0.39, 0.29) is 11.3 Å². The van der Waals surface area contributed by atoms with E-state index in [2.05, 4.69) is 26.2 Å². The van der Waals surface area contributed by atoms with E-state index in [0.29, 0.717) is 10.2 Å². The molecule has 0 saturated heterocycles. The first-order chi connectivity index (χ1) is 13.5. The quantitative estimate of drug-likeness (QED) is 0.362. The summed E-state index contributed by atoms with van der Waals surface area (Å²) in [4.78, 5) is 27.5. The number of hydrogen-bond donors (Lipinski definition) is 1. The second kappa shape index (κ2) is 7.24. The number of nitro benzene ring substituents is 1. The van der Waals surface area contributed by atoms with Gasteiger partial charge in [0.2, 0.25) is 0 Å². The highest BCUT2D eigenvalue weighted by Gasteiger charge is 2.16. The van der Waals surface area contributed by atoms with Crippen LogP contribution in [-0.4, -0.2) is 20.2 Å². The van der Waals surface area contributed by atoms with Crippen LogP contribution < -0.4 is 5.32 Å². The van der Waals surface area contributed by atoms with Gasteiger partial charge in [-0.05, 0) is 52.3 Å². The Morgan fingerprint density at radius 2 is 1.89 bits per heavy atom. The topological polar surface area (TPSA) is 89.5 Å². The minimum absolute atomic E-state index is 0.158. The van der Waals surface area contributed by atoms with Gasteiger partial charge in [0, 0.05) is 35.3 Å². The number of carbonyl (C=O) groups excluding carboxylic acids is 1. The van der Waals surface area contributed by atoms with Crippen LogP contribution in [0.2, 0.25) is 0 Å². The second-order valence-electron chi connectivity index (χ2n) is 6.05. The van der Waals surface area contributed by atoms with Gasteiger partial charge in [0.1, 0.15) is 5.65 Å². The molecule has 7 nitrogen and oxygen atoms in total. The van der Waals surface area contributed by atoms with Crippen molar-refractivity contribution in [2.45, 2.75) is 0 Å². The molecular formula is C20H13BrN4O3. The van der Waals surface area contributed by atoms with Gasteiger partial charge in [0.05, 0.1) is 15.1 Å². The molecule has 0 aliphatic rings. The minimum atomic E-state index is -0.537. The molecule has 0 saturated carbocycles. The fraction of sp³-hybridized carbons (Fsp3) is 0. The maximum atomic E-state index is 12.4. The molecule has 0 atom stereocenters. The Bertz CT molecular complexity index is 1170. The van der Waals surface area contributed by atoms with E-state index in [9.17, 15) is 14.9 Å². The smallest absolute Gasteiger partial charge is 0.284 e. The summed E-state index contributed by atoms with van der Waals surface area (Å²) in [5.74, 6) is -0.420. The highest BCUT2D eigenvalue weighted by molar-refractivity contribution is 9.10. The number of rotatable bonds is 4. The molecule has 1 amide bonds. The molecule has 28 heavy (non-hydrogen) atoms. The Morgan fingerprint density at radius 3 is 2.61 bits per heavy atom. The van der Waals surface area contributed by atoms with Gasteiger partial charge in [-0.25, -0.2) is 4.98 Å². The second-order valence-corrected chi connectivity index (χ2v) is 6.90. The van der Waals surface area contributed by atoms with Crippen molar-refractivity contribution in [2.24, 2.45) is 0 Å². The third-order valence-electron chi connectivity index (χ3n) is 4.21. The molecule has 8 heteroatoms. The van der Waals surface area contributed by atoms with Gasteiger partial charge in [0.15, 0.2) is 0 Å². The Kier molecular flexibility index (Phi) is 4.62. The normalized spacial score (nSPS) is 10.8. The van der Waals surface area contributed by atoms with Crippen molar-refractivity contribution in [3.63, 3.8) is 0 Å². The lowest BCUT2D eigenvalue weighted by Gasteiger charge is -2.06. The number of fused-ring (bicyclic) bond motifs is 1. The van der Waals surface area contributed by atoms with Gasteiger partial charge in [-0.3, -0.25) is 14.9 Å². The minimum Gasteiger partial charge on any atom is -0.322 e. The number of anilines is 1. The van der Waals surface area contributed by atoms with Gasteiger partial charge in [-0.1, -0.05) is 18.2 Å². The molecule has 0 radical (unpaired) electrons. The van der Waals surface area contributed by atoms with Crippen LogP contribution in [0, 0.1) is 10.1 Å². The summed E-state index contributed by atoms with van der Waals surface area (Å²) in [6.45, 7) is 0. The maximum absolute atomic E-state index is 12.4. The number of aromatic nitrogens is 2. The van der Waals surface area contributed by atoms with E-state index in [4.69, 9.17) is 0 Å². The molecule has 138 valence electrons. The molecule has 2 aromatic heterocycles. The zero-order valence-electron chi connectivity index (χ0n) is 14.4. The summed E-state index contributed by atoms with van der Waals surface area (Å²) in [7, 11) is 0. The van der Waals surface area contributed by atoms with E-state index < -0.39 is 10.8 Å². The molecule has 4 aromatic rings. The molecule has 2 aromatic carbocycles. The van der Waals surface area contributed by atoms with E-state index in [1.807, 2.05) is 47.1 Å². The number of nitro groups is 1. The molecule has 0 spiro atoms. The van der Waals surface area contributed by atoms with Crippen LogP contribution in [0.3, 0.4) is 0 Å². The highest BCUT2D eigenvalue weighted by Crippen LogP contribution is 2.26. The molecule has 0 aliphatic carbocycles. The van der Waals surface area contributed by atoms with Gasteiger partial charge in [0.25, 0.3) is 11.6 Å². The number of carbonyl (C=O) groups is 1. The third-order valence-corrected chi connectivity index (χ3v) is 4.88. The Balaban J connectivity index is 1.54. The van der Waals surface area contributed by atoms with E-state index in [0.717, 1.165) is 16.9 Å². The van der Waals surface area contributed by atoms with Crippen LogP contribution >= 0.6 is 15.9 Å². The summed E-state index contributed by atoms with van der Waals surface area (Å²) in [6.07, 6.45) is 3.86. The van der Waals surface area contributed by atoms with Gasteiger partial charge in [-0.2, -0.15) is 0 Å². The van der Waals surface area contributed by atoms with Crippen LogP contribution in [0.5, 0.6) is 0 Å². The van der Waals surface area contributed by atoms with Gasteiger partial charge < -0.3 is 9.72 Å². The summed E-state index contributed by atoms with van der Waals surface area (Å²) in [6, 6.07) is 17.3. The summed E-state index contributed by atoms with van der Waals surface area (Å²) >= 11 is 3.11. The Morgan fingerprint density at radius 1 is 1.11 bits per heavy atom. The van der Waals surface area contributed by atoms with Crippen molar-refractivity contribution in [3.05, 3.63) is 93.2 Å². The Hall–Kier alpha value is -3.52. The van der Waals surface area contributed by atoms with E-state index >= 15 is 0 Å². The number of hydrogen-bond acceptors (Lipinski definition) is 4. The largest absolute Gasteiger partial charge is 0.322 e. The lowest BCUT2D eigenvalue weighted by Crippen LogP contribution is -2.12. The molecule has 2 heterocycles. The molecule has 0 bridgehead atoms. The number of pyridine rings is 1. The van der Waals surface area contributed by atoms with Crippen LogP contribution in [0.25, 0.3) is 16.9 Å². The van der Waals surface area contributed by atoms with Crippen molar-refractivity contribution >= 4 is 38.9 Å². The Labute approximate surface area is 167 Å². The predicted molar refractivity (Wildman–Crippen MR) is 109 cm³/mol. The van der Waals surface area contributed by atoms with Crippen molar-refractivity contribution in [3.8, 4) is 11.3 Å². The lowest BCUT2D eigenvalue weighted by molar-refractivity contribution is -0.385. The predicted octanol–water partition coefficient (Wildman–Crippen LogP) is 4.92. The zero-order chi connectivity index (χ0) is 19.7. The van der Waals surface area contributed by atoms with Crippen LogP contribution in [0.1, 0.15) is 10.4 Å². The molecule has 0 unspecified atom stereocenters. The average Bonchev–Trinajstić information content (AvgIpc) is 3.13. The maximum Gasteiger partial charge on any atom is 0.284 e. The van der Waals surface area contributed by atoms with Crippen LogP contribution in [0.15, 0.2) is 77.5 Å². The molecule has 0 fully saturated rings. The van der Waals surface area contributed by atoms with Crippen molar-refractivity contribution in [2.75, 3.05) is 5.32 Å². The first-order valence-electron chi connectivity index (χ1n) is 8.31. The molecule has 0 aliphatic heterocycles. The summed E-state index contributed by atoms with van der Waals surface area (Å²) in [5, 5.41) is 13.8. The van der Waals surface area contributed by atoms with Crippen LogP contribution in [0.4, 0.5) is 11.4 Å². The molecular weight excluding hydrogens is 424 g/mol. The van der Waals surface area contributed by atoms with Crippen LogP contribution in [-0.2, 0) is 0 Å². The monoisotopic (exact) mass is 436 g/mol. The first kappa shape index (κ1) is 17.9. The standard InChI is InChI=1S/C20H13BrN4O3/c21-16-9-6-14(11-18(16)25(27)28)20(26)22-15-7-4-13(5-8-15)17-12-24-10-2-1-3-19(24)23-17/h1-12H,(H,22,26). The van der Waals surface area contributed by atoms with E-state index in [1.165, 1.54) is 18.2 Å². The van der Waals surface area contributed by atoms with Crippen molar-refractivity contribution in [1.82, 2.24) is 9.38 Å². The van der Waals surface area contributed by atoms with Crippen molar-refractivity contribution in [1.29, 1.82) is 0 Å². The highest BCUT2D eigenvalue weighted by atomic mass is 79.9. The number of nitrogens with zero attached hydrogens (tertiary/aromatic N) is 3. The van der Waals surface area contributed by atoms with E-state index in [1.54, 1.807) is 12.1 Å². The fourth-order valence-electron chi connectivity index (χ4n) is 2.80. The number of imidazole rings is 1. The first-order valence-corrected chi connectivity index (χ1v) is 9.10. The third kappa shape index (κ3) is 3.49. The fourth-order valence-corrected chi connectivity index (χ4v) is 3.19. The number of halogens is 1. The average molecular weight is 437 g/mol. The molecule has 1 N–H and O–H groups in total. The van der Waals surface area contributed by atoms with Gasteiger partial charge >= 0.3 is 0 Å². The van der Waals surface area contributed by atoms with Crippen molar-refractivity contribution < 1.29 is 9.72 Å². The SMILES string of the molecule is O=C(Nc1ccc(-c2cn3ccccc3n2)cc1)c1ccc(Br)c([N+](=O)[O-])c1. The number of amides is 1. The number of benzene rings is 2. The lowest BCUT2D eigenvalue weighted by atomic mass is 10.1. The van der Waals surface area contributed by atoms with Gasteiger partial charge in [-0.15, -0.1) is 0 Å². The zero-order valence-corrected chi connectivity index (χ0v) is 16.0. The number of nitrogens with one attached hydrogen (secondary N) is 1. The summed E-state index contributed by atoms with van der Waals surface area (Å²) < 4.78 is 2.26. The summed E-state index contributed by atoms with van der Waals surface area (Å²) in [5.41, 5.74) is 3.23. The molecule has 4 rings (SSSR count).